The lowest BCUT2D eigenvalue weighted by atomic mass is 9.89. The molecule has 1 saturated carbocycles. The fourth-order valence-corrected chi connectivity index (χ4v) is 6.10. The van der Waals surface area contributed by atoms with Crippen LogP contribution in [0.25, 0.3) is 0 Å². The molecule has 134 valence electrons. The summed E-state index contributed by atoms with van der Waals surface area (Å²) < 4.78 is 32.5. The molecule has 1 aliphatic heterocycles. The topological polar surface area (TPSA) is 75.7 Å². The molecule has 0 aromatic heterocycles. The molecular weight excluding hydrogens is 316 g/mol. The molecule has 1 saturated heterocycles. The SMILES string of the molecule is CNCCC1CCN(S(=O)(=O)[C@@H]2CCCC[C@@H]2C(=O)OC)CC1. The summed E-state index contributed by atoms with van der Waals surface area (Å²) in [7, 11) is -0.135. The Morgan fingerprint density at radius 2 is 1.83 bits per heavy atom. The molecule has 0 spiro atoms. The van der Waals surface area contributed by atoms with Crippen LogP contribution < -0.4 is 5.32 Å². The number of carbonyl (C=O) groups is 1. The van der Waals surface area contributed by atoms with E-state index in [0.29, 0.717) is 31.8 Å². The van der Waals surface area contributed by atoms with Crippen LogP contribution in [0.5, 0.6) is 0 Å². The van der Waals surface area contributed by atoms with Crippen molar-refractivity contribution >= 4 is 16.0 Å². The molecule has 0 unspecified atom stereocenters. The van der Waals surface area contributed by atoms with Gasteiger partial charge in [-0.15, -0.1) is 0 Å². The van der Waals surface area contributed by atoms with E-state index in [4.69, 9.17) is 4.74 Å². The normalized spacial score (nSPS) is 27.7. The summed E-state index contributed by atoms with van der Waals surface area (Å²) in [5, 5.41) is 2.55. The summed E-state index contributed by atoms with van der Waals surface area (Å²) in [6.07, 6.45) is 5.89. The Kier molecular flexibility index (Phi) is 6.85. The average Bonchev–Trinajstić information content (AvgIpc) is 2.59. The first kappa shape index (κ1) is 18.7. The number of nitrogens with one attached hydrogen (secondary N) is 1. The predicted molar refractivity (Wildman–Crippen MR) is 89.5 cm³/mol. The van der Waals surface area contributed by atoms with Gasteiger partial charge < -0.3 is 10.1 Å². The Hall–Kier alpha value is -0.660. The first-order valence-corrected chi connectivity index (χ1v) is 10.2. The summed E-state index contributed by atoms with van der Waals surface area (Å²) in [4.78, 5) is 12.0. The fourth-order valence-electron chi connectivity index (χ4n) is 3.87. The molecule has 2 rings (SSSR count). The van der Waals surface area contributed by atoms with E-state index in [-0.39, 0.29) is 5.97 Å². The zero-order valence-electron chi connectivity index (χ0n) is 14.3. The summed E-state index contributed by atoms with van der Waals surface area (Å²) in [5.41, 5.74) is 0. The third-order valence-corrected chi connectivity index (χ3v) is 7.74. The molecule has 0 aromatic carbocycles. The lowest BCUT2D eigenvalue weighted by Gasteiger charge is -2.37. The minimum Gasteiger partial charge on any atom is -0.469 e. The van der Waals surface area contributed by atoms with E-state index in [1.165, 1.54) is 7.11 Å². The van der Waals surface area contributed by atoms with Crippen LogP contribution in [0.4, 0.5) is 0 Å². The Morgan fingerprint density at radius 1 is 1.17 bits per heavy atom. The number of nitrogens with zero attached hydrogens (tertiary/aromatic N) is 1. The second-order valence-corrected chi connectivity index (χ2v) is 8.88. The van der Waals surface area contributed by atoms with Gasteiger partial charge in [-0.25, -0.2) is 12.7 Å². The van der Waals surface area contributed by atoms with Gasteiger partial charge in [0.05, 0.1) is 18.3 Å². The van der Waals surface area contributed by atoms with Crippen LogP contribution in [0, 0.1) is 11.8 Å². The van der Waals surface area contributed by atoms with Gasteiger partial charge in [-0.1, -0.05) is 12.8 Å². The molecule has 0 radical (unpaired) electrons. The molecule has 23 heavy (non-hydrogen) atoms. The van der Waals surface area contributed by atoms with Crippen molar-refractivity contribution in [3.63, 3.8) is 0 Å². The molecule has 1 heterocycles. The quantitative estimate of drug-likeness (QED) is 0.735. The minimum absolute atomic E-state index is 0.373. The van der Waals surface area contributed by atoms with Crippen molar-refractivity contribution in [2.75, 3.05) is 33.8 Å². The van der Waals surface area contributed by atoms with Crippen LogP contribution in [-0.2, 0) is 19.6 Å². The van der Waals surface area contributed by atoms with Gasteiger partial charge in [0.2, 0.25) is 10.0 Å². The van der Waals surface area contributed by atoms with Crippen LogP contribution in [0.15, 0.2) is 0 Å². The molecule has 2 aliphatic rings. The van der Waals surface area contributed by atoms with Gasteiger partial charge in [0.1, 0.15) is 0 Å². The highest BCUT2D eigenvalue weighted by molar-refractivity contribution is 7.89. The number of esters is 1. The van der Waals surface area contributed by atoms with Gasteiger partial charge in [0.15, 0.2) is 0 Å². The van der Waals surface area contributed by atoms with Crippen LogP contribution in [0.3, 0.4) is 0 Å². The molecular formula is C16H30N2O4S. The van der Waals surface area contributed by atoms with Gasteiger partial charge in [-0.05, 0) is 51.6 Å². The Labute approximate surface area is 140 Å². The number of rotatable bonds is 6. The lowest BCUT2D eigenvalue weighted by molar-refractivity contribution is -0.146. The monoisotopic (exact) mass is 346 g/mol. The zero-order valence-corrected chi connectivity index (χ0v) is 15.1. The number of ether oxygens (including phenoxy) is 1. The Bertz CT molecular complexity index is 486. The van der Waals surface area contributed by atoms with Crippen molar-refractivity contribution in [1.82, 2.24) is 9.62 Å². The fraction of sp³-hybridized carbons (Fsp3) is 0.938. The molecule has 0 bridgehead atoms. The second-order valence-electron chi connectivity index (χ2n) is 6.73. The predicted octanol–water partition coefficient (Wildman–Crippen LogP) is 1.37. The Morgan fingerprint density at radius 3 is 2.43 bits per heavy atom. The van der Waals surface area contributed by atoms with Gasteiger partial charge in [0, 0.05) is 13.1 Å². The number of carbonyl (C=O) groups excluding carboxylic acids is 1. The van der Waals surface area contributed by atoms with E-state index in [1.807, 2.05) is 7.05 Å². The molecule has 1 aliphatic carbocycles. The smallest absolute Gasteiger partial charge is 0.310 e. The van der Waals surface area contributed by atoms with Crippen molar-refractivity contribution in [2.24, 2.45) is 11.8 Å². The van der Waals surface area contributed by atoms with E-state index in [9.17, 15) is 13.2 Å². The highest BCUT2D eigenvalue weighted by atomic mass is 32.2. The van der Waals surface area contributed by atoms with Crippen molar-refractivity contribution in [3.8, 4) is 0 Å². The molecule has 2 atom stereocenters. The maximum absolute atomic E-state index is 13.0. The number of methoxy groups -OCH3 is 1. The summed E-state index contributed by atoms with van der Waals surface area (Å²) in [6, 6.07) is 0. The molecule has 0 amide bonds. The van der Waals surface area contributed by atoms with Crippen LogP contribution in [0.1, 0.15) is 44.9 Å². The van der Waals surface area contributed by atoms with E-state index >= 15 is 0 Å². The van der Waals surface area contributed by atoms with Gasteiger partial charge in [-0.2, -0.15) is 0 Å². The van der Waals surface area contributed by atoms with Crippen molar-refractivity contribution in [2.45, 2.75) is 50.2 Å². The van der Waals surface area contributed by atoms with Gasteiger partial charge in [-0.3, -0.25) is 4.79 Å². The number of hydrogen-bond donors (Lipinski definition) is 1. The van der Waals surface area contributed by atoms with Crippen LogP contribution in [0.2, 0.25) is 0 Å². The summed E-state index contributed by atoms with van der Waals surface area (Å²) in [6.45, 7) is 2.15. The number of piperidine rings is 1. The highest BCUT2D eigenvalue weighted by Crippen LogP contribution is 2.34. The molecule has 0 aromatic rings. The van der Waals surface area contributed by atoms with Crippen molar-refractivity contribution in [3.05, 3.63) is 0 Å². The zero-order chi connectivity index (χ0) is 16.9. The maximum atomic E-state index is 13.0. The third kappa shape index (κ3) is 4.45. The summed E-state index contributed by atoms with van der Waals surface area (Å²) >= 11 is 0. The summed E-state index contributed by atoms with van der Waals surface area (Å²) in [5.74, 6) is -0.278. The largest absolute Gasteiger partial charge is 0.469 e. The van der Waals surface area contributed by atoms with Crippen molar-refractivity contribution < 1.29 is 17.9 Å². The lowest BCUT2D eigenvalue weighted by Crippen LogP contribution is -2.48. The molecule has 7 heteroatoms. The van der Waals surface area contributed by atoms with E-state index < -0.39 is 21.2 Å². The Balaban J connectivity index is 2.01. The van der Waals surface area contributed by atoms with Crippen LogP contribution >= 0.6 is 0 Å². The first-order chi connectivity index (χ1) is 11.0. The van der Waals surface area contributed by atoms with Gasteiger partial charge in [0.25, 0.3) is 0 Å². The van der Waals surface area contributed by atoms with Crippen molar-refractivity contribution in [1.29, 1.82) is 0 Å². The maximum Gasteiger partial charge on any atom is 0.310 e. The number of sulfonamides is 1. The third-order valence-electron chi connectivity index (χ3n) is 5.33. The second kappa shape index (κ2) is 8.44. The first-order valence-electron chi connectivity index (χ1n) is 8.72. The van der Waals surface area contributed by atoms with E-state index in [0.717, 1.165) is 38.6 Å². The average molecular weight is 346 g/mol. The van der Waals surface area contributed by atoms with E-state index in [2.05, 4.69) is 5.32 Å². The standard InChI is InChI=1S/C16H30N2O4S/c1-17-10-7-13-8-11-18(12-9-13)23(20,21)15-6-4-3-5-14(15)16(19)22-2/h13-15,17H,3-12H2,1-2H3/t14-,15+/m0/s1. The minimum atomic E-state index is -3.42. The van der Waals surface area contributed by atoms with Crippen LogP contribution in [-0.4, -0.2) is 57.7 Å². The number of hydrogen-bond acceptors (Lipinski definition) is 5. The highest BCUT2D eigenvalue weighted by Gasteiger charge is 2.43. The molecule has 6 nitrogen and oxygen atoms in total. The molecule has 2 fully saturated rings. The molecule has 1 N–H and O–H groups in total. The van der Waals surface area contributed by atoms with Gasteiger partial charge >= 0.3 is 5.97 Å². The van der Waals surface area contributed by atoms with E-state index in [1.54, 1.807) is 4.31 Å².